The zero-order valence-electron chi connectivity index (χ0n) is 27.8. The van der Waals surface area contributed by atoms with E-state index in [0.29, 0.717) is 0 Å². The lowest BCUT2D eigenvalue weighted by Gasteiger charge is -2.33. The van der Waals surface area contributed by atoms with Crippen molar-refractivity contribution in [3.63, 3.8) is 0 Å². The molecule has 1 aromatic heterocycles. The Labute approximate surface area is 301 Å². The van der Waals surface area contributed by atoms with Gasteiger partial charge in [0.2, 0.25) is 0 Å². The van der Waals surface area contributed by atoms with E-state index in [2.05, 4.69) is 204 Å². The number of nitrogens with zero attached hydrogens (tertiary/aromatic N) is 2. The Morgan fingerprint density at radius 3 is 1.65 bits per heavy atom. The normalized spacial score (nSPS) is 12.2. The maximum absolute atomic E-state index is 2.41. The van der Waals surface area contributed by atoms with E-state index in [4.69, 9.17) is 0 Å². The highest BCUT2D eigenvalue weighted by Crippen LogP contribution is 2.52. The van der Waals surface area contributed by atoms with Crippen molar-refractivity contribution in [1.29, 1.82) is 0 Å². The standard InChI is InChI=1S/C48H32N2S/c1-3-13-33(14-4-1)35-17-11-19-39(29-35)49-43-22-8-7-21-41(43)42-31-37(25-27-44(42)49)38-26-28-46-48(32-38)51-47-24-10-9-23-45(47)50(46)40-20-12-18-36(30-40)34-15-5-2-6-16-34/h1-32H. The Kier molecular flexibility index (Phi) is 7.11. The van der Waals surface area contributed by atoms with Crippen LogP contribution in [0.25, 0.3) is 60.9 Å². The lowest BCUT2D eigenvalue weighted by molar-refractivity contribution is 1.17. The summed E-state index contributed by atoms with van der Waals surface area (Å²) in [6, 6.07) is 70.4. The smallest absolute Gasteiger partial charge is 0.0602 e. The molecule has 2 heterocycles. The predicted molar refractivity (Wildman–Crippen MR) is 216 cm³/mol. The van der Waals surface area contributed by atoms with Crippen LogP contribution in [-0.4, -0.2) is 4.57 Å². The van der Waals surface area contributed by atoms with Gasteiger partial charge in [0.15, 0.2) is 0 Å². The molecule has 0 unspecified atom stereocenters. The van der Waals surface area contributed by atoms with Gasteiger partial charge >= 0.3 is 0 Å². The maximum Gasteiger partial charge on any atom is 0.0602 e. The van der Waals surface area contributed by atoms with Gasteiger partial charge in [0.25, 0.3) is 0 Å². The third kappa shape index (κ3) is 5.13. The van der Waals surface area contributed by atoms with Crippen molar-refractivity contribution in [2.45, 2.75) is 9.79 Å². The lowest BCUT2D eigenvalue weighted by Crippen LogP contribution is -2.14. The van der Waals surface area contributed by atoms with E-state index in [-0.39, 0.29) is 0 Å². The molecular formula is C48H32N2S. The van der Waals surface area contributed by atoms with Crippen LogP contribution in [0.1, 0.15) is 0 Å². The molecule has 0 saturated heterocycles. The molecule has 3 heteroatoms. The van der Waals surface area contributed by atoms with Crippen LogP contribution < -0.4 is 4.90 Å². The molecule has 10 rings (SSSR count). The van der Waals surface area contributed by atoms with E-state index in [0.717, 1.165) is 11.4 Å². The van der Waals surface area contributed by atoms with Crippen molar-refractivity contribution in [3.05, 3.63) is 194 Å². The minimum absolute atomic E-state index is 1.16. The molecule has 240 valence electrons. The van der Waals surface area contributed by atoms with Gasteiger partial charge in [0, 0.05) is 31.9 Å². The van der Waals surface area contributed by atoms with Gasteiger partial charge in [-0.1, -0.05) is 139 Å². The first kappa shape index (κ1) is 29.6. The van der Waals surface area contributed by atoms with E-state index in [1.54, 1.807) is 0 Å². The fourth-order valence-electron chi connectivity index (χ4n) is 7.56. The first-order chi connectivity index (χ1) is 25.3. The largest absolute Gasteiger partial charge is 0.309 e. The first-order valence-corrected chi connectivity index (χ1v) is 18.2. The van der Waals surface area contributed by atoms with Crippen LogP contribution in [-0.2, 0) is 0 Å². The van der Waals surface area contributed by atoms with Crippen LogP contribution in [0.2, 0.25) is 0 Å². The van der Waals surface area contributed by atoms with E-state index in [9.17, 15) is 0 Å². The van der Waals surface area contributed by atoms with E-state index >= 15 is 0 Å². The number of rotatable bonds is 5. The molecule has 1 aliphatic rings. The SMILES string of the molecule is c1ccc(-c2cccc(N3c4ccccc4Sc4cc(-c5ccc6c(c5)c5ccccc5n6-c5cccc(-c6ccccc6)c5)ccc43)c2)cc1. The molecule has 8 aromatic carbocycles. The van der Waals surface area contributed by atoms with Crippen LogP contribution in [0.4, 0.5) is 17.1 Å². The van der Waals surface area contributed by atoms with Gasteiger partial charge < -0.3 is 9.47 Å². The van der Waals surface area contributed by atoms with Gasteiger partial charge in [0.05, 0.1) is 22.4 Å². The number of fused-ring (bicyclic) bond motifs is 5. The maximum atomic E-state index is 2.41. The van der Waals surface area contributed by atoms with Crippen LogP contribution in [0.5, 0.6) is 0 Å². The lowest BCUT2D eigenvalue weighted by atomic mass is 10.0. The molecule has 51 heavy (non-hydrogen) atoms. The third-order valence-electron chi connectivity index (χ3n) is 9.96. The molecule has 2 nitrogen and oxygen atoms in total. The topological polar surface area (TPSA) is 8.17 Å². The van der Waals surface area contributed by atoms with Gasteiger partial charge in [-0.15, -0.1) is 0 Å². The fraction of sp³-hybridized carbons (Fsp3) is 0. The molecule has 0 atom stereocenters. The van der Waals surface area contributed by atoms with E-state index < -0.39 is 0 Å². The third-order valence-corrected chi connectivity index (χ3v) is 11.1. The van der Waals surface area contributed by atoms with Crippen LogP contribution >= 0.6 is 11.8 Å². The summed E-state index contributed by atoms with van der Waals surface area (Å²) in [7, 11) is 0. The van der Waals surface area contributed by atoms with Crippen LogP contribution in [0.3, 0.4) is 0 Å². The minimum atomic E-state index is 1.16. The highest BCUT2D eigenvalue weighted by molar-refractivity contribution is 7.99. The van der Waals surface area contributed by atoms with E-state index in [1.807, 2.05) is 11.8 Å². The molecule has 0 fully saturated rings. The number of anilines is 3. The first-order valence-electron chi connectivity index (χ1n) is 17.3. The summed E-state index contributed by atoms with van der Waals surface area (Å²) < 4.78 is 2.40. The zero-order chi connectivity index (χ0) is 33.7. The van der Waals surface area contributed by atoms with Crippen LogP contribution in [0, 0.1) is 0 Å². The summed E-state index contributed by atoms with van der Waals surface area (Å²) >= 11 is 1.85. The van der Waals surface area contributed by atoms with Gasteiger partial charge in [-0.05, 0) is 100 Å². The second-order valence-corrected chi connectivity index (χ2v) is 14.1. The van der Waals surface area contributed by atoms with Gasteiger partial charge in [-0.3, -0.25) is 0 Å². The summed E-state index contributed by atoms with van der Waals surface area (Å²) in [5.41, 5.74) is 14.4. The fourth-order valence-corrected chi connectivity index (χ4v) is 8.65. The molecule has 0 spiro atoms. The van der Waals surface area contributed by atoms with E-state index in [1.165, 1.54) is 76.4 Å². The molecular weight excluding hydrogens is 637 g/mol. The number of hydrogen-bond acceptors (Lipinski definition) is 2. The Morgan fingerprint density at radius 1 is 0.314 bits per heavy atom. The van der Waals surface area contributed by atoms with Crippen LogP contribution in [0.15, 0.2) is 204 Å². The van der Waals surface area contributed by atoms with Crippen molar-refractivity contribution in [3.8, 4) is 39.1 Å². The number of benzene rings is 8. The average molecular weight is 669 g/mol. The molecule has 0 radical (unpaired) electrons. The highest BCUT2D eigenvalue weighted by Gasteiger charge is 2.25. The Balaban J connectivity index is 1.08. The van der Waals surface area contributed by atoms with Crippen molar-refractivity contribution in [1.82, 2.24) is 4.57 Å². The van der Waals surface area contributed by atoms with Crippen molar-refractivity contribution in [2.24, 2.45) is 0 Å². The summed E-state index contributed by atoms with van der Waals surface area (Å²) in [6.45, 7) is 0. The summed E-state index contributed by atoms with van der Waals surface area (Å²) in [5.74, 6) is 0. The Morgan fingerprint density at radius 2 is 0.863 bits per heavy atom. The minimum Gasteiger partial charge on any atom is -0.309 e. The average Bonchev–Trinajstić information content (AvgIpc) is 3.54. The van der Waals surface area contributed by atoms with Crippen molar-refractivity contribution < 1.29 is 0 Å². The summed E-state index contributed by atoms with van der Waals surface area (Å²) in [4.78, 5) is 4.91. The zero-order valence-corrected chi connectivity index (χ0v) is 28.6. The quantitative estimate of drug-likeness (QED) is 0.180. The number of para-hydroxylation sites is 2. The molecule has 9 aromatic rings. The van der Waals surface area contributed by atoms with Crippen molar-refractivity contribution >= 4 is 50.6 Å². The van der Waals surface area contributed by atoms with Gasteiger partial charge in [-0.25, -0.2) is 0 Å². The predicted octanol–water partition coefficient (Wildman–Crippen LogP) is 13.7. The second kappa shape index (κ2) is 12.2. The molecule has 0 amide bonds. The molecule has 0 bridgehead atoms. The molecule has 0 saturated carbocycles. The number of aromatic nitrogens is 1. The Hall–Kier alpha value is -6.29. The molecule has 1 aliphatic heterocycles. The summed E-state index contributed by atoms with van der Waals surface area (Å²) in [6.07, 6.45) is 0. The summed E-state index contributed by atoms with van der Waals surface area (Å²) in [5, 5.41) is 2.51. The monoisotopic (exact) mass is 668 g/mol. The number of hydrogen-bond donors (Lipinski definition) is 0. The molecule has 0 aliphatic carbocycles. The van der Waals surface area contributed by atoms with Gasteiger partial charge in [-0.2, -0.15) is 0 Å². The van der Waals surface area contributed by atoms with Gasteiger partial charge in [0.1, 0.15) is 0 Å². The Bertz CT molecular complexity index is 2730. The van der Waals surface area contributed by atoms with Crippen molar-refractivity contribution in [2.75, 3.05) is 4.90 Å². The second-order valence-electron chi connectivity index (χ2n) is 13.0. The molecule has 0 N–H and O–H groups in total. The highest BCUT2D eigenvalue weighted by atomic mass is 32.2.